The highest BCUT2D eigenvalue weighted by atomic mass is 19.4. The Morgan fingerprint density at radius 2 is 1.78 bits per heavy atom. The molecule has 0 spiro atoms. The molecule has 0 aliphatic heterocycles. The largest absolute Gasteiger partial charge is 0.492 e. The minimum atomic E-state index is -4.42. The van der Waals surface area contributed by atoms with E-state index in [9.17, 15) is 27.2 Å². The zero-order valence-electron chi connectivity index (χ0n) is 19.3. The summed E-state index contributed by atoms with van der Waals surface area (Å²) in [5, 5.41) is 6.66. The molecule has 36 heavy (non-hydrogen) atoms. The molecule has 1 aromatic heterocycles. The number of hydrogen-bond donors (Lipinski definition) is 1. The molecule has 0 aliphatic rings. The Kier molecular flexibility index (Phi) is 8.87. The van der Waals surface area contributed by atoms with E-state index in [1.54, 1.807) is 13.1 Å². The summed E-state index contributed by atoms with van der Waals surface area (Å²) in [6.07, 6.45) is -1.56. The number of alkyl halides is 3. The molecule has 0 saturated carbocycles. The van der Waals surface area contributed by atoms with Crippen LogP contribution in [-0.2, 0) is 22.3 Å². The van der Waals surface area contributed by atoms with E-state index < -0.39 is 17.6 Å². The summed E-state index contributed by atoms with van der Waals surface area (Å²) in [6.45, 7) is 0.178. The van der Waals surface area contributed by atoms with Gasteiger partial charge in [-0.05, 0) is 36.4 Å². The maximum absolute atomic E-state index is 13.5. The second-order valence-electron chi connectivity index (χ2n) is 7.69. The lowest BCUT2D eigenvalue weighted by atomic mass is 10.2. The number of amides is 2. The van der Waals surface area contributed by atoms with Crippen LogP contribution in [0.2, 0.25) is 0 Å². The molecule has 0 fully saturated rings. The molecule has 1 heterocycles. The fourth-order valence-electron chi connectivity index (χ4n) is 2.98. The number of ether oxygens (including phenoxy) is 2. The third-order valence-electron chi connectivity index (χ3n) is 4.94. The van der Waals surface area contributed by atoms with E-state index in [-0.39, 0.29) is 56.0 Å². The van der Waals surface area contributed by atoms with Crippen LogP contribution in [0.5, 0.6) is 11.5 Å². The average molecular weight is 508 g/mol. The van der Waals surface area contributed by atoms with Crippen LogP contribution in [0, 0.1) is 5.82 Å². The predicted octanol–water partition coefficient (Wildman–Crippen LogP) is 3.99. The molecule has 0 bridgehead atoms. The summed E-state index contributed by atoms with van der Waals surface area (Å²) in [6, 6.07) is 10.2. The summed E-state index contributed by atoms with van der Waals surface area (Å²) in [4.78, 5) is 25.9. The van der Waals surface area contributed by atoms with Crippen LogP contribution < -0.4 is 14.8 Å². The van der Waals surface area contributed by atoms with Gasteiger partial charge in [0.25, 0.3) is 0 Å². The molecule has 0 atom stereocenters. The van der Waals surface area contributed by atoms with Gasteiger partial charge in [-0.25, -0.2) is 4.39 Å². The van der Waals surface area contributed by atoms with Gasteiger partial charge in [-0.1, -0.05) is 12.1 Å². The van der Waals surface area contributed by atoms with Gasteiger partial charge in [0, 0.05) is 13.2 Å². The van der Waals surface area contributed by atoms with Crippen molar-refractivity contribution in [1.29, 1.82) is 0 Å². The zero-order valence-corrected chi connectivity index (χ0v) is 19.3. The van der Waals surface area contributed by atoms with Crippen LogP contribution in [0.1, 0.15) is 12.0 Å². The molecule has 0 unspecified atom stereocenters. The SMILES string of the molecule is CN(CCOc1ccc(C(F)(F)F)cc1)C(=O)Cn1cc(NC(=O)CCOc2ccccc2F)cn1. The molecule has 1 N–H and O–H groups in total. The smallest absolute Gasteiger partial charge is 0.416 e. The first-order valence-corrected chi connectivity index (χ1v) is 10.9. The second kappa shape index (κ2) is 12.0. The van der Waals surface area contributed by atoms with Gasteiger partial charge in [0.2, 0.25) is 11.8 Å². The monoisotopic (exact) mass is 508 g/mol. The molecular formula is C24H24F4N4O4. The second-order valence-corrected chi connectivity index (χ2v) is 7.69. The molecule has 8 nitrogen and oxygen atoms in total. The predicted molar refractivity (Wildman–Crippen MR) is 122 cm³/mol. The van der Waals surface area contributed by atoms with Crippen molar-refractivity contribution in [1.82, 2.24) is 14.7 Å². The van der Waals surface area contributed by atoms with Crippen LogP contribution >= 0.6 is 0 Å². The lowest BCUT2D eigenvalue weighted by Gasteiger charge is -2.17. The number of benzene rings is 2. The number of anilines is 1. The summed E-state index contributed by atoms with van der Waals surface area (Å²) in [5.74, 6) is -0.846. The van der Waals surface area contributed by atoms with Gasteiger partial charge < -0.3 is 19.7 Å². The maximum atomic E-state index is 13.5. The highest BCUT2D eigenvalue weighted by Crippen LogP contribution is 2.30. The highest BCUT2D eigenvalue weighted by Gasteiger charge is 2.30. The van der Waals surface area contributed by atoms with Gasteiger partial charge in [-0.2, -0.15) is 18.3 Å². The number of likely N-dealkylation sites (N-methyl/N-ethyl adjacent to an activating group) is 1. The zero-order chi connectivity index (χ0) is 26.1. The minimum Gasteiger partial charge on any atom is -0.492 e. The van der Waals surface area contributed by atoms with Crippen LogP contribution in [0.3, 0.4) is 0 Å². The minimum absolute atomic E-state index is 0.0138. The summed E-state index contributed by atoms with van der Waals surface area (Å²) >= 11 is 0. The van der Waals surface area contributed by atoms with Gasteiger partial charge in [-0.3, -0.25) is 14.3 Å². The van der Waals surface area contributed by atoms with Gasteiger partial charge in [-0.15, -0.1) is 0 Å². The summed E-state index contributed by atoms with van der Waals surface area (Å²) < 4.78 is 63.3. The number of halogens is 4. The number of hydrogen-bond acceptors (Lipinski definition) is 5. The Bertz CT molecular complexity index is 1170. The van der Waals surface area contributed by atoms with Crippen LogP contribution in [0.25, 0.3) is 0 Å². The maximum Gasteiger partial charge on any atom is 0.416 e. The number of carbonyl (C=O) groups is 2. The van der Waals surface area contributed by atoms with Crippen LogP contribution in [0.15, 0.2) is 60.9 Å². The molecule has 3 rings (SSSR count). The van der Waals surface area contributed by atoms with Crippen molar-refractivity contribution in [2.75, 3.05) is 32.1 Å². The summed E-state index contributed by atoms with van der Waals surface area (Å²) in [7, 11) is 1.56. The van der Waals surface area contributed by atoms with Gasteiger partial charge in [0.15, 0.2) is 11.6 Å². The number of nitrogens with one attached hydrogen (secondary N) is 1. The van der Waals surface area contributed by atoms with Crippen molar-refractivity contribution in [3.05, 3.63) is 72.3 Å². The Balaban J connectivity index is 1.37. The highest BCUT2D eigenvalue weighted by molar-refractivity contribution is 5.90. The number of aromatic nitrogens is 2. The van der Waals surface area contributed by atoms with Crippen molar-refractivity contribution in [3.63, 3.8) is 0 Å². The van der Waals surface area contributed by atoms with E-state index in [4.69, 9.17) is 9.47 Å². The Labute approximate surface area is 204 Å². The molecule has 192 valence electrons. The van der Waals surface area contributed by atoms with Gasteiger partial charge >= 0.3 is 6.18 Å². The fraction of sp³-hybridized carbons (Fsp3) is 0.292. The first-order valence-electron chi connectivity index (χ1n) is 10.9. The standard InChI is InChI=1S/C24H24F4N4O4/c1-31(11-13-35-19-8-6-17(7-9-19)24(26,27)28)23(34)16-32-15-18(14-29-32)30-22(33)10-12-36-21-5-3-2-4-20(21)25/h2-9,14-15H,10-13,16H2,1H3,(H,30,33). The van der Waals surface area contributed by atoms with E-state index in [1.165, 1.54) is 52.3 Å². The number of carbonyl (C=O) groups excluding carboxylic acids is 2. The fourth-order valence-corrected chi connectivity index (χ4v) is 2.98. The van der Waals surface area contributed by atoms with E-state index in [0.29, 0.717) is 5.69 Å². The third kappa shape index (κ3) is 8.00. The molecule has 2 amide bonds. The van der Waals surface area contributed by atoms with Crippen molar-refractivity contribution < 1.29 is 36.6 Å². The Morgan fingerprint density at radius 3 is 2.47 bits per heavy atom. The first-order chi connectivity index (χ1) is 17.1. The number of nitrogens with zero attached hydrogens (tertiary/aromatic N) is 3. The Morgan fingerprint density at radius 1 is 1.06 bits per heavy atom. The van der Waals surface area contributed by atoms with Crippen molar-refractivity contribution in [2.24, 2.45) is 0 Å². The summed E-state index contributed by atoms with van der Waals surface area (Å²) in [5.41, 5.74) is -0.389. The number of para-hydroxylation sites is 1. The molecule has 0 radical (unpaired) electrons. The van der Waals surface area contributed by atoms with Crippen LogP contribution in [0.4, 0.5) is 23.2 Å². The molecule has 12 heteroatoms. The lowest BCUT2D eigenvalue weighted by Crippen LogP contribution is -2.33. The molecule has 2 aromatic carbocycles. The molecular weight excluding hydrogens is 484 g/mol. The molecule has 0 aliphatic carbocycles. The third-order valence-corrected chi connectivity index (χ3v) is 4.94. The normalized spacial score (nSPS) is 11.1. The van der Waals surface area contributed by atoms with Crippen molar-refractivity contribution in [3.8, 4) is 11.5 Å². The van der Waals surface area contributed by atoms with Crippen molar-refractivity contribution in [2.45, 2.75) is 19.1 Å². The topological polar surface area (TPSA) is 85.7 Å². The van der Waals surface area contributed by atoms with Crippen LogP contribution in [-0.4, -0.2) is 53.3 Å². The first kappa shape index (κ1) is 26.5. The molecule has 0 saturated heterocycles. The quantitative estimate of drug-likeness (QED) is 0.396. The van der Waals surface area contributed by atoms with Gasteiger partial charge in [0.1, 0.15) is 18.9 Å². The average Bonchev–Trinajstić information content (AvgIpc) is 3.26. The number of rotatable bonds is 11. The van der Waals surface area contributed by atoms with E-state index in [1.807, 2.05) is 0 Å². The molecule has 3 aromatic rings. The van der Waals surface area contributed by atoms with E-state index in [0.717, 1.165) is 12.1 Å². The van der Waals surface area contributed by atoms with E-state index in [2.05, 4.69) is 10.4 Å². The van der Waals surface area contributed by atoms with E-state index >= 15 is 0 Å². The lowest BCUT2D eigenvalue weighted by molar-refractivity contribution is -0.137. The Hall–Kier alpha value is -4.09. The van der Waals surface area contributed by atoms with Crippen molar-refractivity contribution >= 4 is 17.5 Å². The van der Waals surface area contributed by atoms with Gasteiger partial charge in [0.05, 0.1) is 37.0 Å².